The summed E-state index contributed by atoms with van der Waals surface area (Å²) in [5.41, 5.74) is -1.83. The van der Waals surface area contributed by atoms with Gasteiger partial charge in [-0.2, -0.15) is 0 Å². The maximum atomic E-state index is 13.9. The van der Waals surface area contributed by atoms with Crippen LogP contribution in [0.1, 0.15) is 30.6 Å². The van der Waals surface area contributed by atoms with Crippen LogP contribution >= 0.6 is 0 Å². The highest BCUT2D eigenvalue weighted by atomic mass is 19.1. The fourth-order valence-electron chi connectivity index (χ4n) is 2.09. The second-order valence-corrected chi connectivity index (χ2v) is 5.04. The van der Waals surface area contributed by atoms with Gasteiger partial charge in [-0.15, -0.1) is 0 Å². The molecule has 0 aliphatic carbocycles. The number of hydrogen-bond acceptors (Lipinski definition) is 3. The number of aromatic carboxylic acids is 1. The molecule has 0 radical (unpaired) electrons. The molecule has 6 heteroatoms. The minimum absolute atomic E-state index is 0.0702. The fourth-order valence-corrected chi connectivity index (χ4v) is 2.09. The number of imide groups is 1. The highest BCUT2D eigenvalue weighted by molar-refractivity contribution is 6.24. The monoisotopic (exact) mass is 265 g/mol. The number of carboxylic acids is 1. The molecule has 1 saturated heterocycles. The molecule has 1 fully saturated rings. The van der Waals surface area contributed by atoms with Crippen LogP contribution in [0.4, 0.5) is 10.1 Å². The van der Waals surface area contributed by atoms with Gasteiger partial charge in [-0.3, -0.25) is 9.59 Å². The van der Waals surface area contributed by atoms with Crippen LogP contribution in [0.5, 0.6) is 0 Å². The summed E-state index contributed by atoms with van der Waals surface area (Å²) < 4.78 is 13.9. The Hall–Kier alpha value is -2.24. The lowest BCUT2D eigenvalue weighted by Gasteiger charge is -2.19. The van der Waals surface area contributed by atoms with Crippen molar-refractivity contribution in [1.29, 1.82) is 0 Å². The van der Waals surface area contributed by atoms with E-state index in [0.717, 1.165) is 12.1 Å². The number of amides is 2. The molecule has 0 bridgehead atoms. The normalized spacial score (nSPS) is 17.9. The molecule has 0 saturated carbocycles. The van der Waals surface area contributed by atoms with Gasteiger partial charge in [-0.25, -0.2) is 14.1 Å². The minimum Gasteiger partial charge on any atom is -0.478 e. The van der Waals surface area contributed by atoms with Crippen molar-refractivity contribution >= 4 is 23.5 Å². The van der Waals surface area contributed by atoms with Crippen molar-refractivity contribution in [2.75, 3.05) is 4.90 Å². The molecule has 2 amide bonds. The van der Waals surface area contributed by atoms with Gasteiger partial charge in [-0.1, -0.05) is 19.9 Å². The van der Waals surface area contributed by atoms with Crippen LogP contribution < -0.4 is 4.90 Å². The summed E-state index contributed by atoms with van der Waals surface area (Å²) in [6.07, 6.45) is -0.0702. The van der Waals surface area contributed by atoms with E-state index in [1.807, 2.05) is 0 Å². The number of halogens is 1. The first-order valence-corrected chi connectivity index (χ1v) is 5.65. The third-order valence-electron chi connectivity index (χ3n) is 3.07. The standard InChI is InChI=1S/C13H12FNO4/c1-13(2)6-9(16)15(12(13)19)10-7(11(17)18)4-3-5-8(10)14/h3-5H,6H2,1-2H3,(H,17,18). The summed E-state index contributed by atoms with van der Waals surface area (Å²) >= 11 is 0. The maximum Gasteiger partial charge on any atom is 0.337 e. The lowest BCUT2D eigenvalue weighted by molar-refractivity contribution is -0.124. The molecule has 100 valence electrons. The summed E-state index contributed by atoms with van der Waals surface area (Å²) in [5, 5.41) is 9.04. The van der Waals surface area contributed by atoms with E-state index in [0.29, 0.717) is 4.90 Å². The van der Waals surface area contributed by atoms with Crippen molar-refractivity contribution < 1.29 is 23.9 Å². The largest absolute Gasteiger partial charge is 0.478 e. The van der Waals surface area contributed by atoms with E-state index in [1.165, 1.54) is 6.07 Å². The number of carbonyl (C=O) groups excluding carboxylic acids is 2. The first-order chi connectivity index (χ1) is 8.75. The lowest BCUT2D eigenvalue weighted by atomic mass is 9.92. The van der Waals surface area contributed by atoms with E-state index >= 15 is 0 Å². The van der Waals surface area contributed by atoms with Gasteiger partial charge in [0.05, 0.1) is 11.0 Å². The zero-order chi connectivity index (χ0) is 14.4. The molecule has 1 aromatic rings. The molecule has 0 spiro atoms. The molecule has 0 unspecified atom stereocenters. The third kappa shape index (κ3) is 1.99. The quantitative estimate of drug-likeness (QED) is 0.827. The van der Waals surface area contributed by atoms with Gasteiger partial charge < -0.3 is 5.11 Å². The van der Waals surface area contributed by atoms with E-state index in [4.69, 9.17) is 5.11 Å². The molecule has 0 aromatic heterocycles. The number of benzene rings is 1. The van der Waals surface area contributed by atoms with E-state index in [1.54, 1.807) is 13.8 Å². The van der Waals surface area contributed by atoms with Crippen molar-refractivity contribution in [1.82, 2.24) is 0 Å². The van der Waals surface area contributed by atoms with Crippen LogP contribution in [-0.4, -0.2) is 22.9 Å². The van der Waals surface area contributed by atoms with E-state index < -0.39 is 40.3 Å². The Labute approximate surface area is 108 Å². The number of rotatable bonds is 2. The van der Waals surface area contributed by atoms with Gasteiger partial charge >= 0.3 is 5.97 Å². The first-order valence-electron chi connectivity index (χ1n) is 5.65. The second-order valence-electron chi connectivity index (χ2n) is 5.04. The average molecular weight is 265 g/mol. The predicted molar refractivity (Wildman–Crippen MR) is 64.3 cm³/mol. The maximum absolute atomic E-state index is 13.9. The molecule has 1 heterocycles. The van der Waals surface area contributed by atoms with Crippen molar-refractivity contribution in [3.8, 4) is 0 Å². The number of anilines is 1. The predicted octanol–water partition coefficient (Wildman–Crippen LogP) is 1.81. The minimum atomic E-state index is -1.39. The third-order valence-corrected chi connectivity index (χ3v) is 3.07. The number of para-hydroxylation sites is 1. The van der Waals surface area contributed by atoms with Gasteiger partial charge in [0.1, 0.15) is 11.5 Å². The fraction of sp³-hybridized carbons (Fsp3) is 0.308. The van der Waals surface area contributed by atoms with E-state index in [2.05, 4.69) is 0 Å². The number of hydrogen-bond donors (Lipinski definition) is 1. The highest BCUT2D eigenvalue weighted by Crippen LogP contribution is 2.37. The Bertz CT molecular complexity index is 594. The highest BCUT2D eigenvalue weighted by Gasteiger charge is 2.47. The van der Waals surface area contributed by atoms with Crippen LogP contribution in [0.15, 0.2) is 18.2 Å². The smallest absolute Gasteiger partial charge is 0.337 e. The average Bonchev–Trinajstić information content (AvgIpc) is 2.49. The van der Waals surface area contributed by atoms with Crippen LogP contribution in [0.3, 0.4) is 0 Å². The topological polar surface area (TPSA) is 74.7 Å². The lowest BCUT2D eigenvalue weighted by Crippen LogP contribution is -2.34. The van der Waals surface area contributed by atoms with Gasteiger partial charge in [0.2, 0.25) is 11.8 Å². The van der Waals surface area contributed by atoms with Crippen molar-refractivity contribution in [3.05, 3.63) is 29.6 Å². The Balaban J connectivity index is 2.63. The summed E-state index contributed by atoms with van der Waals surface area (Å²) in [5.74, 6) is -3.48. The van der Waals surface area contributed by atoms with Crippen molar-refractivity contribution in [2.45, 2.75) is 20.3 Å². The molecule has 19 heavy (non-hydrogen) atoms. The van der Waals surface area contributed by atoms with Crippen LogP contribution in [0.2, 0.25) is 0 Å². The summed E-state index contributed by atoms with van der Waals surface area (Å²) in [7, 11) is 0. The summed E-state index contributed by atoms with van der Waals surface area (Å²) in [4.78, 5) is 35.7. The Kier molecular flexibility index (Phi) is 2.88. The summed E-state index contributed by atoms with van der Waals surface area (Å²) in [6.45, 7) is 3.13. The molecular formula is C13H12FNO4. The van der Waals surface area contributed by atoms with Crippen molar-refractivity contribution in [2.24, 2.45) is 5.41 Å². The van der Waals surface area contributed by atoms with Gasteiger partial charge in [0, 0.05) is 6.42 Å². The Morgan fingerprint density at radius 2 is 2.00 bits per heavy atom. The number of carbonyl (C=O) groups is 3. The number of carboxylic acid groups (broad SMARTS) is 1. The Morgan fingerprint density at radius 1 is 1.37 bits per heavy atom. The van der Waals surface area contributed by atoms with Crippen molar-refractivity contribution in [3.63, 3.8) is 0 Å². The van der Waals surface area contributed by atoms with Gasteiger partial charge in [-0.05, 0) is 12.1 Å². The SMILES string of the molecule is CC1(C)CC(=O)N(c2c(F)cccc2C(=O)O)C1=O. The zero-order valence-corrected chi connectivity index (χ0v) is 10.4. The van der Waals surface area contributed by atoms with Crippen LogP contribution in [-0.2, 0) is 9.59 Å². The van der Waals surface area contributed by atoms with Crippen LogP contribution in [0.25, 0.3) is 0 Å². The van der Waals surface area contributed by atoms with E-state index in [-0.39, 0.29) is 6.42 Å². The van der Waals surface area contributed by atoms with Crippen LogP contribution in [0, 0.1) is 11.2 Å². The summed E-state index contributed by atoms with van der Waals surface area (Å²) in [6, 6.07) is 3.40. The Morgan fingerprint density at radius 3 is 2.47 bits per heavy atom. The van der Waals surface area contributed by atoms with E-state index in [9.17, 15) is 18.8 Å². The van der Waals surface area contributed by atoms with Gasteiger partial charge in [0.25, 0.3) is 0 Å². The molecule has 2 rings (SSSR count). The van der Waals surface area contributed by atoms with Gasteiger partial charge in [0.15, 0.2) is 0 Å². The molecule has 5 nitrogen and oxygen atoms in total. The molecular weight excluding hydrogens is 253 g/mol. The number of nitrogens with zero attached hydrogens (tertiary/aromatic N) is 1. The molecule has 1 aliphatic rings. The molecule has 0 atom stereocenters. The zero-order valence-electron chi connectivity index (χ0n) is 10.4. The first kappa shape index (κ1) is 13.2. The molecule has 1 N–H and O–H groups in total. The molecule has 1 aliphatic heterocycles. The second kappa shape index (κ2) is 4.15. The molecule has 1 aromatic carbocycles.